The van der Waals surface area contributed by atoms with E-state index in [9.17, 15) is 4.79 Å². The van der Waals surface area contributed by atoms with Gasteiger partial charge in [0.2, 0.25) is 0 Å². The highest BCUT2D eigenvalue weighted by molar-refractivity contribution is 6.13. The number of nitrogens with zero attached hydrogens (tertiary/aromatic N) is 4. The van der Waals surface area contributed by atoms with E-state index >= 15 is 0 Å². The van der Waals surface area contributed by atoms with Crippen molar-refractivity contribution in [2.45, 2.75) is 25.8 Å². The summed E-state index contributed by atoms with van der Waals surface area (Å²) in [6.45, 7) is 3.22. The zero-order valence-electron chi connectivity index (χ0n) is 19.4. The highest BCUT2D eigenvalue weighted by Crippen LogP contribution is 2.27. The number of pyridine rings is 2. The molecule has 0 unspecified atom stereocenters. The van der Waals surface area contributed by atoms with E-state index in [0.717, 1.165) is 52.6 Å². The second-order valence-electron chi connectivity index (χ2n) is 9.09. The van der Waals surface area contributed by atoms with Crippen molar-refractivity contribution in [3.8, 4) is 11.1 Å². The highest BCUT2D eigenvalue weighted by atomic mass is 16.1. The van der Waals surface area contributed by atoms with Crippen LogP contribution in [0.1, 0.15) is 35.3 Å². The van der Waals surface area contributed by atoms with Crippen LogP contribution in [0.15, 0.2) is 73.2 Å². The first kappa shape index (κ1) is 21.4. The SMILES string of the molecule is O=C(Nc1cccc2cccnc12)c1n[nH]c2ccc(-c3cncc(CN4CCCCC4)c3)cc12. The number of hydrogen-bond donors (Lipinski definition) is 2. The topological polar surface area (TPSA) is 86.8 Å². The van der Waals surface area contributed by atoms with Crippen LogP contribution in [-0.2, 0) is 6.54 Å². The molecule has 4 heterocycles. The number of anilines is 1. The quantitative estimate of drug-likeness (QED) is 0.365. The molecule has 1 aliphatic heterocycles. The number of benzene rings is 2. The monoisotopic (exact) mass is 462 g/mol. The minimum Gasteiger partial charge on any atom is -0.319 e. The Labute approximate surface area is 203 Å². The second kappa shape index (κ2) is 9.27. The Hall–Kier alpha value is -4.10. The van der Waals surface area contributed by atoms with Crippen molar-refractivity contribution in [2.75, 3.05) is 18.4 Å². The van der Waals surface area contributed by atoms with Crippen molar-refractivity contribution in [1.82, 2.24) is 25.1 Å². The first-order valence-electron chi connectivity index (χ1n) is 12.0. The van der Waals surface area contributed by atoms with Crippen molar-refractivity contribution < 1.29 is 4.79 Å². The average Bonchev–Trinajstić information content (AvgIpc) is 3.33. The van der Waals surface area contributed by atoms with Gasteiger partial charge in [0.25, 0.3) is 5.91 Å². The van der Waals surface area contributed by atoms with E-state index in [0.29, 0.717) is 11.4 Å². The van der Waals surface area contributed by atoms with Gasteiger partial charge in [-0.15, -0.1) is 0 Å². The molecule has 2 N–H and O–H groups in total. The second-order valence-corrected chi connectivity index (χ2v) is 9.09. The molecule has 1 saturated heterocycles. The van der Waals surface area contributed by atoms with Gasteiger partial charge in [-0.3, -0.25) is 24.8 Å². The third-order valence-corrected chi connectivity index (χ3v) is 6.64. The fourth-order valence-electron chi connectivity index (χ4n) is 4.86. The van der Waals surface area contributed by atoms with Gasteiger partial charge >= 0.3 is 0 Å². The first-order valence-corrected chi connectivity index (χ1v) is 12.0. The Morgan fingerprint density at radius 3 is 2.77 bits per heavy atom. The molecule has 35 heavy (non-hydrogen) atoms. The van der Waals surface area contributed by atoms with Crippen LogP contribution in [0.3, 0.4) is 0 Å². The molecule has 7 heteroatoms. The van der Waals surface area contributed by atoms with E-state index in [1.807, 2.05) is 60.9 Å². The molecule has 0 bridgehead atoms. The molecule has 0 radical (unpaired) electrons. The van der Waals surface area contributed by atoms with Crippen molar-refractivity contribution in [2.24, 2.45) is 0 Å². The lowest BCUT2D eigenvalue weighted by Crippen LogP contribution is -2.29. The van der Waals surface area contributed by atoms with Crippen molar-refractivity contribution in [1.29, 1.82) is 0 Å². The molecule has 7 nitrogen and oxygen atoms in total. The van der Waals surface area contributed by atoms with Crippen LogP contribution in [0.5, 0.6) is 0 Å². The van der Waals surface area contributed by atoms with Crippen LogP contribution in [0.2, 0.25) is 0 Å². The summed E-state index contributed by atoms with van der Waals surface area (Å²) in [7, 11) is 0. The lowest BCUT2D eigenvalue weighted by molar-refractivity contribution is 0.102. The molecule has 1 amide bonds. The van der Waals surface area contributed by atoms with Crippen molar-refractivity contribution in [3.05, 3.63) is 84.4 Å². The van der Waals surface area contributed by atoms with E-state index in [-0.39, 0.29) is 5.91 Å². The Balaban J connectivity index is 1.29. The maximum absolute atomic E-state index is 13.2. The number of piperidine rings is 1. The van der Waals surface area contributed by atoms with Gasteiger partial charge in [-0.25, -0.2) is 0 Å². The fraction of sp³-hybridized carbons (Fsp3) is 0.214. The van der Waals surface area contributed by atoms with E-state index in [1.165, 1.54) is 24.8 Å². The zero-order valence-corrected chi connectivity index (χ0v) is 19.4. The summed E-state index contributed by atoms with van der Waals surface area (Å²) >= 11 is 0. The summed E-state index contributed by atoms with van der Waals surface area (Å²) in [5.41, 5.74) is 5.83. The lowest BCUT2D eigenvalue weighted by Gasteiger charge is -2.26. The molecule has 174 valence electrons. The number of nitrogens with one attached hydrogen (secondary N) is 2. The van der Waals surface area contributed by atoms with E-state index in [2.05, 4.69) is 36.4 Å². The minimum absolute atomic E-state index is 0.275. The van der Waals surface area contributed by atoms with Crippen molar-refractivity contribution >= 4 is 33.4 Å². The molecule has 3 aromatic heterocycles. The third kappa shape index (κ3) is 4.38. The highest BCUT2D eigenvalue weighted by Gasteiger charge is 2.17. The van der Waals surface area contributed by atoms with Crippen LogP contribution in [-0.4, -0.2) is 44.1 Å². The number of para-hydroxylation sites is 1. The number of fused-ring (bicyclic) bond motifs is 2. The van der Waals surface area contributed by atoms with Crippen molar-refractivity contribution in [3.63, 3.8) is 0 Å². The van der Waals surface area contributed by atoms with Crippen LogP contribution in [0.4, 0.5) is 5.69 Å². The molecule has 0 atom stereocenters. The molecule has 2 aromatic carbocycles. The van der Waals surface area contributed by atoms with Gasteiger partial charge in [0, 0.05) is 41.5 Å². The number of rotatable bonds is 5. The molecule has 5 aromatic rings. The summed E-state index contributed by atoms with van der Waals surface area (Å²) in [5, 5.41) is 12.0. The largest absolute Gasteiger partial charge is 0.319 e. The van der Waals surface area contributed by atoms with Gasteiger partial charge in [0.1, 0.15) is 0 Å². The first-order chi connectivity index (χ1) is 17.2. The number of carbonyl (C=O) groups excluding carboxylic acids is 1. The van der Waals surface area contributed by atoms with Crippen LogP contribution >= 0.6 is 0 Å². The predicted octanol–water partition coefficient (Wildman–Crippen LogP) is 5.41. The number of likely N-dealkylation sites (tertiary alicyclic amines) is 1. The lowest BCUT2D eigenvalue weighted by atomic mass is 10.0. The van der Waals surface area contributed by atoms with Gasteiger partial charge in [0.15, 0.2) is 5.69 Å². The summed E-state index contributed by atoms with van der Waals surface area (Å²) in [6, 6.07) is 17.8. The molecule has 1 fully saturated rings. The Morgan fingerprint density at radius 2 is 1.86 bits per heavy atom. The molecule has 0 saturated carbocycles. The smallest absolute Gasteiger partial charge is 0.276 e. The fourth-order valence-corrected chi connectivity index (χ4v) is 4.86. The maximum atomic E-state index is 13.2. The van der Waals surface area contributed by atoms with E-state index in [4.69, 9.17) is 0 Å². The van der Waals surface area contributed by atoms with Gasteiger partial charge in [-0.1, -0.05) is 30.7 Å². The Kier molecular flexibility index (Phi) is 5.68. The molecular weight excluding hydrogens is 436 g/mol. The van der Waals surface area contributed by atoms with Gasteiger partial charge < -0.3 is 5.32 Å². The average molecular weight is 463 g/mol. The Bertz CT molecular complexity index is 1510. The molecule has 1 aliphatic rings. The standard InChI is InChI=1S/C28H26N6O/c35-28(31-25-8-4-6-20-7-5-11-30-26(20)25)27-23-15-21(9-10-24(23)32-33-27)22-14-19(16-29-17-22)18-34-12-2-1-3-13-34/h4-11,14-17H,1-3,12-13,18H2,(H,31,35)(H,32,33). The summed E-state index contributed by atoms with van der Waals surface area (Å²) < 4.78 is 0. The van der Waals surface area contributed by atoms with Gasteiger partial charge in [-0.2, -0.15) is 5.10 Å². The van der Waals surface area contributed by atoms with Crippen LogP contribution < -0.4 is 5.32 Å². The maximum Gasteiger partial charge on any atom is 0.276 e. The molecule has 6 rings (SSSR count). The third-order valence-electron chi connectivity index (χ3n) is 6.64. The van der Waals surface area contributed by atoms with Gasteiger partial charge in [-0.05, 0) is 67.4 Å². The van der Waals surface area contributed by atoms with E-state index < -0.39 is 0 Å². The summed E-state index contributed by atoms with van der Waals surface area (Å²) in [4.78, 5) is 24.6. The number of amides is 1. The normalized spacial score (nSPS) is 14.4. The van der Waals surface area contributed by atoms with Gasteiger partial charge in [0.05, 0.1) is 16.7 Å². The van der Waals surface area contributed by atoms with Crippen LogP contribution in [0.25, 0.3) is 32.9 Å². The number of H-pyrrole nitrogens is 1. The Morgan fingerprint density at radius 1 is 0.971 bits per heavy atom. The molecule has 0 aliphatic carbocycles. The molecular formula is C28H26N6O. The number of hydrogen-bond acceptors (Lipinski definition) is 5. The number of aromatic amines is 1. The minimum atomic E-state index is -0.275. The summed E-state index contributed by atoms with van der Waals surface area (Å²) in [5.74, 6) is -0.275. The number of aromatic nitrogens is 4. The van der Waals surface area contributed by atoms with Crippen LogP contribution in [0, 0.1) is 0 Å². The van der Waals surface area contributed by atoms with E-state index in [1.54, 1.807) is 6.20 Å². The molecule has 0 spiro atoms. The summed E-state index contributed by atoms with van der Waals surface area (Å²) in [6.07, 6.45) is 9.41. The number of carbonyl (C=O) groups is 1. The predicted molar refractivity (Wildman–Crippen MR) is 138 cm³/mol. The zero-order chi connectivity index (χ0) is 23.6.